The topological polar surface area (TPSA) is 70.2 Å². The van der Waals surface area contributed by atoms with Crippen molar-refractivity contribution in [2.75, 3.05) is 23.6 Å². The van der Waals surface area contributed by atoms with E-state index in [2.05, 4.69) is 46.3 Å². The number of likely N-dealkylation sites (N-methyl/N-ethyl adjacent to an activating group) is 1. The smallest absolute Gasteiger partial charge is 0.229 e. The molecule has 0 heterocycles. The summed E-state index contributed by atoms with van der Waals surface area (Å²) in [5.74, 6) is 0.554. The Hall–Kier alpha value is -3.93. The minimum atomic E-state index is -0.434. The average Bonchev–Trinajstić information content (AvgIpc) is 3.02. The Morgan fingerprint density at radius 3 is 1.58 bits per heavy atom. The molecule has 5 nitrogen and oxygen atoms in total. The van der Waals surface area contributed by atoms with Gasteiger partial charge in [0.25, 0.3) is 0 Å². The lowest BCUT2D eigenvalue weighted by Crippen LogP contribution is -2.28. The van der Waals surface area contributed by atoms with Crippen molar-refractivity contribution in [3.8, 4) is 0 Å². The van der Waals surface area contributed by atoms with Gasteiger partial charge in [-0.25, -0.2) is 0 Å². The summed E-state index contributed by atoms with van der Waals surface area (Å²) in [6, 6.07) is 36.6. The van der Waals surface area contributed by atoms with Crippen molar-refractivity contribution >= 4 is 34.8 Å². The van der Waals surface area contributed by atoms with Crippen LogP contribution in [0.4, 0.5) is 11.4 Å². The van der Waals surface area contributed by atoms with E-state index in [0.717, 1.165) is 34.5 Å². The first kappa shape index (κ1) is 35.5. The third-order valence-electron chi connectivity index (χ3n) is 7.54. The number of hydrogen-bond acceptors (Lipinski definition) is 3. The second-order valence-electron chi connectivity index (χ2n) is 13.2. The first-order valence-corrected chi connectivity index (χ1v) is 16.0. The summed E-state index contributed by atoms with van der Waals surface area (Å²) in [5, 5.41) is 9.47. The molecule has 0 aliphatic carbocycles. The summed E-state index contributed by atoms with van der Waals surface area (Å²) in [6.45, 7) is 11.5. The van der Waals surface area contributed by atoms with E-state index in [0.29, 0.717) is 5.88 Å². The van der Waals surface area contributed by atoms with E-state index < -0.39 is 10.8 Å². The van der Waals surface area contributed by atoms with E-state index >= 15 is 0 Å². The average molecular weight is 626 g/mol. The van der Waals surface area contributed by atoms with Crippen LogP contribution in [0.1, 0.15) is 75.8 Å². The number of amides is 2. The summed E-state index contributed by atoms with van der Waals surface area (Å²) in [7, 11) is 1.97. The van der Waals surface area contributed by atoms with Gasteiger partial charge in [0.15, 0.2) is 0 Å². The summed E-state index contributed by atoms with van der Waals surface area (Å²) in [6.07, 6.45) is 0.821. The van der Waals surface area contributed by atoms with Gasteiger partial charge in [0.05, 0.1) is 0 Å². The third kappa shape index (κ3) is 10.6. The molecule has 0 radical (unpaired) electrons. The predicted octanol–water partition coefficient (Wildman–Crippen LogP) is 9.22. The summed E-state index contributed by atoms with van der Waals surface area (Å²) >= 11 is 6.22. The molecule has 2 atom stereocenters. The molecule has 4 aromatic carbocycles. The van der Waals surface area contributed by atoms with Gasteiger partial charge >= 0.3 is 0 Å². The van der Waals surface area contributed by atoms with Crippen molar-refractivity contribution in [3.05, 3.63) is 131 Å². The first-order chi connectivity index (χ1) is 21.3. The second kappa shape index (κ2) is 16.4. The van der Waals surface area contributed by atoms with Crippen molar-refractivity contribution in [1.82, 2.24) is 5.32 Å². The van der Waals surface area contributed by atoms with E-state index in [1.807, 2.05) is 127 Å². The Kier molecular flexibility index (Phi) is 13.0. The van der Waals surface area contributed by atoms with Crippen LogP contribution in [-0.4, -0.2) is 24.7 Å². The van der Waals surface area contributed by atoms with E-state index in [1.165, 1.54) is 5.56 Å². The molecule has 0 aliphatic rings. The monoisotopic (exact) mass is 625 g/mol. The van der Waals surface area contributed by atoms with Crippen LogP contribution in [0.2, 0.25) is 0 Å². The molecule has 45 heavy (non-hydrogen) atoms. The van der Waals surface area contributed by atoms with Crippen LogP contribution < -0.4 is 16.0 Å². The molecule has 0 saturated heterocycles. The van der Waals surface area contributed by atoms with E-state index in [4.69, 9.17) is 11.6 Å². The highest BCUT2D eigenvalue weighted by molar-refractivity contribution is 6.18. The maximum Gasteiger partial charge on any atom is 0.229 e. The third-order valence-corrected chi connectivity index (χ3v) is 7.85. The lowest BCUT2D eigenvalue weighted by atomic mass is 9.90. The Balaban J connectivity index is 0.000000246. The molecule has 6 heteroatoms. The van der Waals surface area contributed by atoms with Gasteiger partial charge in [-0.3, -0.25) is 9.59 Å². The minimum absolute atomic E-state index is 0.00124. The van der Waals surface area contributed by atoms with Gasteiger partial charge in [-0.1, -0.05) is 139 Å². The Labute approximate surface area is 274 Å². The SMILES string of the molecule is CC(C)(C)C(=O)Nc1ccccc1C(CCl)c1ccccc1.CNC(Cc1ccccc1NC(=O)C(C)(C)C)c1ccccc1. The van der Waals surface area contributed by atoms with Crippen molar-refractivity contribution < 1.29 is 9.59 Å². The van der Waals surface area contributed by atoms with Gasteiger partial charge < -0.3 is 16.0 Å². The fraction of sp³-hybridized carbons (Fsp3) is 0.333. The quantitative estimate of drug-likeness (QED) is 0.162. The molecular weight excluding hydrogens is 578 g/mol. The molecule has 0 aromatic heterocycles. The van der Waals surface area contributed by atoms with Crippen LogP contribution in [0.25, 0.3) is 0 Å². The number of hydrogen-bond donors (Lipinski definition) is 3. The molecule has 2 unspecified atom stereocenters. The summed E-state index contributed by atoms with van der Waals surface area (Å²) in [5.41, 5.74) is 5.45. The van der Waals surface area contributed by atoms with E-state index in [9.17, 15) is 9.59 Å². The van der Waals surface area contributed by atoms with Gasteiger partial charge in [-0.05, 0) is 47.9 Å². The number of halogens is 1. The van der Waals surface area contributed by atoms with Crippen molar-refractivity contribution in [2.45, 2.75) is 59.9 Å². The number of rotatable bonds is 9. The lowest BCUT2D eigenvalue weighted by molar-refractivity contribution is -0.123. The summed E-state index contributed by atoms with van der Waals surface area (Å²) < 4.78 is 0. The zero-order chi connectivity index (χ0) is 33.0. The molecule has 0 fully saturated rings. The van der Waals surface area contributed by atoms with Crippen molar-refractivity contribution in [3.63, 3.8) is 0 Å². The van der Waals surface area contributed by atoms with Crippen LogP contribution >= 0.6 is 11.6 Å². The molecule has 2 amide bonds. The molecule has 4 rings (SSSR count). The van der Waals surface area contributed by atoms with Crippen LogP contribution in [0.3, 0.4) is 0 Å². The largest absolute Gasteiger partial charge is 0.325 e. The fourth-order valence-electron chi connectivity index (χ4n) is 4.68. The van der Waals surface area contributed by atoms with E-state index in [-0.39, 0.29) is 23.8 Å². The number of para-hydroxylation sites is 2. The number of carbonyl (C=O) groups excluding carboxylic acids is 2. The highest BCUT2D eigenvalue weighted by atomic mass is 35.5. The zero-order valence-electron chi connectivity index (χ0n) is 27.7. The van der Waals surface area contributed by atoms with E-state index in [1.54, 1.807) is 0 Å². The molecule has 0 spiro atoms. The highest BCUT2D eigenvalue weighted by Crippen LogP contribution is 2.32. The summed E-state index contributed by atoms with van der Waals surface area (Å²) in [4.78, 5) is 24.6. The van der Waals surface area contributed by atoms with Crippen LogP contribution in [0.15, 0.2) is 109 Å². The maximum atomic E-state index is 12.3. The number of anilines is 2. The predicted molar refractivity (Wildman–Crippen MR) is 190 cm³/mol. The van der Waals surface area contributed by atoms with Crippen molar-refractivity contribution in [2.24, 2.45) is 10.8 Å². The number of benzene rings is 4. The number of carbonyl (C=O) groups is 2. The maximum absolute atomic E-state index is 12.3. The Bertz CT molecular complexity index is 1510. The first-order valence-electron chi connectivity index (χ1n) is 15.5. The highest BCUT2D eigenvalue weighted by Gasteiger charge is 2.24. The fourth-order valence-corrected chi connectivity index (χ4v) is 5.03. The van der Waals surface area contributed by atoms with Crippen LogP contribution in [-0.2, 0) is 16.0 Å². The number of nitrogens with one attached hydrogen (secondary N) is 3. The second-order valence-corrected chi connectivity index (χ2v) is 13.5. The Morgan fingerprint density at radius 1 is 0.622 bits per heavy atom. The van der Waals surface area contributed by atoms with Gasteiger partial charge in [0.2, 0.25) is 11.8 Å². The van der Waals surface area contributed by atoms with Gasteiger partial charge in [-0.2, -0.15) is 0 Å². The molecule has 0 saturated carbocycles. The van der Waals surface area contributed by atoms with Crippen molar-refractivity contribution in [1.29, 1.82) is 0 Å². The Morgan fingerprint density at radius 2 is 1.07 bits per heavy atom. The standard InChI is InChI=1S/C20H26N2O.C19H22ClNO/c1-20(2,3)19(23)22-17-13-9-8-12-16(17)14-18(21-4)15-10-6-5-7-11-15;1-19(2,3)18(22)21-17-12-8-7-11-15(17)16(13-20)14-9-5-4-6-10-14/h5-13,18,21H,14H2,1-4H3,(H,22,23);4-12,16H,13H2,1-3H3,(H,21,22). The molecule has 238 valence electrons. The lowest BCUT2D eigenvalue weighted by Gasteiger charge is -2.22. The van der Waals surface area contributed by atoms with Crippen LogP contribution in [0.5, 0.6) is 0 Å². The van der Waals surface area contributed by atoms with Gasteiger partial charge in [-0.15, -0.1) is 11.6 Å². The van der Waals surface area contributed by atoms with Crippen LogP contribution in [0, 0.1) is 10.8 Å². The van der Waals surface area contributed by atoms with Gasteiger partial charge in [0, 0.05) is 40.0 Å². The molecule has 3 N–H and O–H groups in total. The zero-order valence-corrected chi connectivity index (χ0v) is 28.4. The molecule has 0 aliphatic heterocycles. The molecule has 4 aromatic rings. The van der Waals surface area contributed by atoms with Gasteiger partial charge in [0.1, 0.15) is 0 Å². The minimum Gasteiger partial charge on any atom is -0.325 e. The molecule has 0 bridgehead atoms. The normalized spacial score (nSPS) is 12.7. The molecular formula is C39H48ClN3O2. The number of alkyl halides is 1.